The number of hydrogen-bond donors (Lipinski definition) is 1. The Morgan fingerprint density at radius 2 is 1.62 bits per heavy atom. The highest BCUT2D eigenvalue weighted by molar-refractivity contribution is 6.04. The monoisotopic (exact) mass is 293 g/mol. The van der Waals surface area contributed by atoms with E-state index in [1.54, 1.807) is 0 Å². The highest BCUT2D eigenvalue weighted by Gasteiger charge is 2.15. The van der Waals surface area contributed by atoms with Gasteiger partial charge in [-0.1, -0.05) is 6.07 Å². The Balaban J connectivity index is 2.29. The van der Waals surface area contributed by atoms with E-state index in [4.69, 9.17) is 9.47 Å². The third-order valence-corrected chi connectivity index (χ3v) is 2.85. The Morgan fingerprint density at radius 3 is 2.19 bits per heavy atom. The lowest BCUT2D eigenvalue weighted by Crippen LogP contribution is -2.14. The van der Waals surface area contributed by atoms with E-state index in [0.717, 1.165) is 12.1 Å². The number of halogens is 2. The van der Waals surface area contributed by atoms with Crippen LogP contribution >= 0.6 is 0 Å². The summed E-state index contributed by atoms with van der Waals surface area (Å²) in [7, 11) is 2.89. The summed E-state index contributed by atoms with van der Waals surface area (Å²) in [4.78, 5) is 12.0. The summed E-state index contributed by atoms with van der Waals surface area (Å²) in [5, 5.41) is 2.20. The van der Waals surface area contributed by atoms with Crippen molar-refractivity contribution >= 4 is 11.6 Å². The number of methoxy groups -OCH3 is 2. The first-order valence-corrected chi connectivity index (χ1v) is 6.04. The predicted molar refractivity (Wildman–Crippen MR) is 73.9 cm³/mol. The fourth-order valence-corrected chi connectivity index (χ4v) is 1.78. The Labute approximate surface area is 120 Å². The molecule has 0 radical (unpaired) electrons. The first-order chi connectivity index (χ1) is 10.1. The minimum atomic E-state index is -0.844. The maximum absolute atomic E-state index is 13.5. The summed E-state index contributed by atoms with van der Waals surface area (Å²) < 4.78 is 37.1. The SMILES string of the molecule is COc1ccc(C(=O)Nc2c(F)cccc2F)cc1OC. The second-order valence-corrected chi connectivity index (χ2v) is 4.12. The van der Waals surface area contributed by atoms with Gasteiger partial charge in [0.15, 0.2) is 11.5 Å². The zero-order chi connectivity index (χ0) is 15.4. The molecule has 1 N–H and O–H groups in total. The van der Waals surface area contributed by atoms with E-state index in [-0.39, 0.29) is 5.56 Å². The zero-order valence-corrected chi connectivity index (χ0v) is 11.4. The molecule has 1 amide bonds. The molecule has 0 aromatic heterocycles. The smallest absolute Gasteiger partial charge is 0.255 e. The van der Waals surface area contributed by atoms with Crippen LogP contribution in [0.3, 0.4) is 0 Å². The van der Waals surface area contributed by atoms with Crippen LogP contribution in [0.2, 0.25) is 0 Å². The fraction of sp³-hybridized carbons (Fsp3) is 0.133. The molecule has 6 heteroatoms. The van der Waals surface area contributed by atoms with Crippen LogP contribution < -0.4 is 14.8 Å². The summed E-state index contributed by atoms with van der Waals surface area (Å²) in [6.45, 7) is 0. The maximum atomic E-state index is 13.5. The van der Waals surface area contributed by atoms with Crippen LogP contribution in [0.15, 0.2) is 36.4 Å². The van der Waals surface area contributed by atoms with Crippen LogP contribution in [0.4, 0.5) is 14.5 Å². The van der Waals surface area contributed by atoms with Crippen LogP contribution in [0.5, 0.6) is 11.5 Å². The molecule has 0 aliphatic carbocycles. The average molecular weight is 293 g/mol. The Bertz CT molecular complexity index is 654. The highest BCUT2D eigenvalue weighted by Crippen LogP contribution is 2.28. The molecule has 0 aliphatic heterocycles. The predicted octanol–water partition coefficient (Wildman–Crippen LogP) is 3.23. The van der Waals surface area contributed by atoms with Gasteiger partial charge in [-0.15, -0.1) is 0 Å². The summed E-state index contributed by atoms with van der Waals surface area (Å²) >= 11 is 0. The Kier molecular flexibility index (Phi) is 4.37. The minimum absolute atomic E-state index is 0.190. The molecule has 2 aromatic rings. The van der Waals surface area contributed by atoms with Crippen molar-refractivity contribution in [2.45, 2.75) is 0 Å². The molecule has 0 aliphatic rings. The number of para-hydroxylation sites is 1. The quantitative estimate of drug-likeness (QED) is 0.941. The van der Waals surface area contributed by atoms with Crippen molar-refractivity contribution in [3.63, 3.8) is 0 Å². The van der Waals surface area contributed by atoms with E-state index in [1.807, 2.05) is 0 Å². The molecule has 0 fully saturated rings. The number of rotatable bonds is 4. The van der Waals surface area contributed by atoms with Crippen molar-refractivity contribution in [2.75, 3.05) is 19.5 Å². The van der Waals surface area contributed by atoms with Gasteiger partial charge in [-0.25, -0.2) is 8.78 Å². The van der Waals surface area contributed by atoms with Gasteiger partial charge in [0.2, 0.25) is 0 Å². The van der Waals surface area contributed by atoms with Crippen molar-refractivity contribution in [2.24, 2.45) is 0 Å². The Hall–Kier alpha value is -2.63. The second-order valence-electron chi connectivity index (χ2n) is 4.12. The molecule has 0 spiro atoms. The largest absolute Gasteiger partial charge is 0.493 e. The summed E-state index contributed by atoms with van der Waals surface area (Å²) in [6.07, 6.45) is 0. The van der Waals surface area contributed by atoms with Crippen molar-refractivity contribution in [1.29, 1.82) is 0 Å². The number of carbonyl (C=O) groups excluding carboxylic acids is 1. The lowest BCUT2D eigenvalue weighted by Gasteiger charge is -2.10. The van der Waals surface area contributed by atoms with Gasteiger partial charge in [0.25, 0.3) is 5.91 Å². The molecule has 0 saturated heterocycles. The lowest BCUT2D eigenvalue weighted by atomic mass is 10.1. The van der Waals surface area contributed by atoms with Gasteiger partial charge in [-0.05, 0) is 30.3 Å². The summed E-state index contributed by atoms with van der Waals surface area (Å²) in [6, 6.07) is 7.77. The summed E-state index contributed by atoms with van der Waals surface area (Å²) in [5.41, 5.74) is -0.299. The van der Waals surface area contributed by atoms with E-state index < -0.39 is 23.2 Å². The third-order valence-electron chi connectivity index (χ3n) is 2.85. The van der Waals surface area contributed by atoms with Gasteiger partial charge < -0.3 is 14.8 Å². The maximum Gasteiger partial charge on any atom is 0.255 e. The number of ether oxygens (including phenoxy) is 2. The van der Waals surface area contributed by atoms with Gasteiger partial charge in [0, 0.05) is 5.56 Å². The molecule has 21 heavy (non-hydrogen) atoms. The summed E-state index contributed by atoms with van der Waals surface area (Å²) in [5.74, 6) is -1.54. The van der Waals surface area contributed by atoms with Gasteiger partial charge in [-0.2, -0.15) is 0 Å². The van der Waals surface area contributed by atoms with Crippen LogP contribution in [0, 0.1) is 11.6 Å². The van der Waals surface area contributed by atoms with Crippen LogP contribution in [0.25, 0.3) is 0 Å². The molecule has 2 aromatic carbocycles. The van der Waals surface area contributed by atoms with Crippen molar-refractivity contribution < 1.29 is 23.0 Å². The molecule has 0 atom stereocenters. The normalized spacial score (nSPS) is 10.1. The van der Waals surface area contributed by atoms with Crippen LogP contribution in [-0.2, 0) is 0 Å². The molecule has 0 unspecified atom stereocenters. The fourth-order valence-electron chi connectivity index (χ4n) is 1.78. The Morgan fingerprint density at radius 1 is 1.00 bits per heavy atom. The van der Waals surface area contributed by atoms with Gasteiger partial charge in [0.05, 0.1) is 14.2 Å². The van der Waals surface area contributed by atoms with E-state index >= 15 is 0 Å². The first kappa shape index (κ1) is 14.8. The number of hydrogen-bond acceptors (Lipinski definition) is 3. The van der Waals surface area contributed by atoms with Crippen molar-refractivity contribution in [3.05, 3.63) is 53.6 Å². The number of anilines is 1. The first-order valence-electron chi connectivity index (χ1n) is 6.04. The highest BCUT2D eigenvalue weighted by atomic mass is 19.1. The van der Waals surface area contributed by atoms with E-state index in [0.29, 0.717) is 11.5 Å². The van der Waals surface area contributed by atoms with E-state index in [2.05, 4.69) is 5.32 Å². The zero-order valence-electron chi connectivity index (χ0n) is 11.4. The second kappa shape index (κ2) is 6.21. The van der Waals surface area contributed by atoms with Crippen LogP contribution in [0.1, 0.15) is 10.4 Å². The number of amides is 1. The van der Waals surface area contributed by atoms with Crippen LogP contribution in [-0.4, -0.2) is 20.1 Å². The average Bonchev–Trinajstić information content (AvgIpc) is 2.50. The lowest BCUT2D eigenvalue weighted by molar-refractivity contribution is 0.102. The molecule has 0 heterocycles. The minimum Gasteiger partial charge on any atom is -0.493 e. The van der Waals surface area contributed by atoms with E-state index in [1.165, 1.54) is 38.5 Å². The topological polar surface area (TPSA) is 47.6 Å². The molecule has 0 bridgehead atoms. The molecule has 0 saturated carbocycles. The molecular formula is C15H13F2NO3. The third kappa shape index (κ3) is 3.10. The molecule has 2 rings (SSSR count). The molecule has 4 nitrogen and oxygen atoms in total. The number of nitrogens with one attached hydrogen (secondary N) is 1. The number of benzene rings is 2. The molecular weight excluding hydrogens is 280 g/mol. The molecule has 110 valence electrons. The van der Waals surface area contributed by atoms with Crippen molar-refractivity contribution in [1.82, 2.24) is 0 Å². The van der Waals surface area contributed by atoms with Gasteiger partial charge >= 0.3 is 0 Å². The van der Waals surface area contributed by atoms with Crippen molar-refractivity contribution in [3.8, 4) is 11.5 Å². The van der Waals surface area contributed by atoms with Gasteiger partial charge in [0.1, 0.15) is 17.3 Å². The van der Waals surface area contributed by atoms with Gasteiger partial charge in [-0.3, -0.25) is 4.79 Å². The standard InChI is InChI=1S/C15H13F2NO3/c1-20-12-7-6-9(8-13(12)21-2)15(19)18-14-10(16)4-3-5-11(14)17/h3-8H,1-2H3,(H,18,19). The number of carbonyl (C=O) groups is 1. The van der Waals surface area contributed by atoms with E-state index in [9.17, 15) is 13.6 Å².